The van der Waals surface area contributed by atoms with Crippen LogP contribution in [-0.4, -0.2) is 21.4 Å². The van der Waals surface area contributed by atoms with E-state index >= 15 is 0 Å². The monoisotopic (exact) mass is 253 g/mol. The van der Waals surface area contributed by atoms with Crippen LogP contribution in [0, 0.1) is 5.41 Å². The molecule has 0 unspecified atom stereocenters. The van der Waals surface area contributed by atoms with E-state index in [0.29, 0.717) is 15.8 Å². The number of rotatable bonds is 2. The first kappa shape index (κ1) is 11.4. The molecule has 0 atom stereocenters. The Balaban J connectivity index is 2.30. The molecule has 0 radical (unpaired) electrons. The molecule has 1 heterocycles. The van der Waals surface area contributed by atoms with Gasteiger partial charge in [-0.05, 0) is 28.5 Å². The lowest BCUT2D eigenvalue weighted by Gasteiger charge is -2.15. The minimum atomic E-state index is -0.356. The number of nitrogen functional groups attached to an aromatic ring is 1. The minimum Gasteiger partial charge on any atom is -0.379 e. The van der Waals surface area contributed by atoms with Gasteiger partial charge in [-0.3, -0.25) is 10.6 Å². The van der Waals surface area contributed by atoms with Crippen molar-refractivity contribution in [3.8, 4) is 0 Å². The van der Waals surface area contributed by atoms with Gasteiger partial charge in [-0.25, -0.2) is 9.69 Å². The zero-order chi connectivity index (χ0) is 12.4. The third kappa shape index (κ3) is 2.19. The normalized spacial score (nSPS) is 10.2. The van der Waals surface area contributed by atoms with Crippen LogP contribution in [0.2, 0.25) is 5.02 Å². The van der Waals surface area contributed by atoms with Crippen LogP contribution in [-0.2, 0) is 0 Å². The number of halogens is 1. The second-order valence-electron chi connectivity index (χ2n) is 3.14. The van der Waals surface area contributed by atoms with Crippen molar-refractivity contribution in [2.24, 2.45) is 0 Å². The van der Waals surface area contributed by atoms with E-state index < -0.39 is 0 Å². The van der Waals surface area contributed by atoms with Gasteiger partial charge in [0.25, 0.3) is 0 Å². The predicted molar refractivity (Wildman–Crippen MR) is 61.3 cm³/mol. The van der Waals surface area contributed by atoms with Crippen molar-refractivity contribution in [3.05, 3.63) is 35.0 Å². The van der Waals surface area contributed by atoms with Crippen molar-refractivity contribution >= 4 is 28.9 Å². The minimum absolute atomic E-state index is 0.0486. The lowest BCUT2D eigenvalue weighted by molar-refractivity contribution is 0.300. The number of anilines is 2. The molecule has 4 N–H and O–H groups in total. The highest BCUT2D eigenvalue weighted by Crippen LogP contribution is 2.20. The highest BCUT2D eigenvalue weighted by molar-refractivity contribution is 6.31. The van der Waals surface area contributed by atoms with Gasteiger partial charge in [-0.2, -0.15) is 0 Å². The molecular weight excluding hydrogens is 246 g/mol. The average Bonchev–Trinajstić information content (AvgIpc) is 2.73. The number of hydrogen-bond donors (Lipinski definition) is 3. The average molecular weight is 254 g/mol. The summed E-state index contributed by atoms with van der Waals surface area (Å²) in [6.45, 7) is 0. The van der Waals surface area contributed by atoms with E-state index in [-0.39, 0.29) is 17.3 Å². The van der Waals surface area contributed by atoms with Crippen LogP contribution in [0.1, 0.15) is 5.69 Å². The van der Waals surface area contributed by atoms with E-state index in [2.05, 4.69) is 14.9 Å². The number of nitrogens with one attached hydrogen (secondary N) is 1. The fourth-order valence-corrected chi connectivity index (χ4v) is 1.38. The first-order valence-corrected chi connectivity index (χ1v) is 4.89. The van der Waals surface area contributed by atoms with E-state index in [1.54, 1.807) is 18.2 Å². The molecule has 2 aromatic rings. The van der Waals surface area contributed by atoms with Crippen LogP contribution < -0.4 is 10.8 Å². The van der Waals surface area contributed by atoms with Gasteiger partial charge in [0.15, 0.2) is 17.3 Å². The Kier molecular flexibility index (Phi) is 2.94. The Morgan fingerprint density at radius 1 is 1.47 bits per heavy atom. The summed E-state index contributed by atoms with van der Waals surface area (Å²) in [5.74, 6) is -0.429. The molecule has 0 aliphatic rings. The number of hydroxylamine groups is 1. The Labute approximate surface area is 101 Å². The first-order valence-electron chi connectivity index (χ1n) is 4.51. The van der Waals surface area contributed by atoms with Crippen LogP contribution in [0.3, 0.4) is 0 Å². The second kappa shape index (κ2) is 4.40. The molecule has 0 amide bonds. The number of hydrogen-bond acceptors (Lipinski definition) is 6. The summed E-state index contributed by atoms with van der Waals surface area (Å²) in [7, 11) is 0. The SMILES string of the molecule is N=C(c1nonc1N)N(O)c1cccc(Cl)c1. The summed E-state index contributed by atoms with van der Waals surface area (Å²) >= 11 is 5.77. The fourth-order valence-electron chi connectivity index (χ4n) is 1.20. The van der Waals surface area contributed by atoms with Crippen LogP contribution in [0.5, 0.6) is 0 Å². The maximum atomic E-state index is 9.79. The van der Waals surface area contributed by atoms with Crippen LogP contribution in [0.4, 0.5) is 11.5 Å². The highest BCUT2D eigenvalue weighted by Gasteiger charge is 2.19. The molecule has 8 heteroatoms. The Hall–Kier alpha value is -2.12. The van der Waals surface area contributed by atoms with E-state index in [0.717, 1.165) is 0 Å². The maximum absolute atomic E-state index is 9.79. The van der Waals surface area contributed by atoms with Crippen molar-refractivity contribution in [1.29, 1.82) is 5.41 Å². The van der Waals surface area contributed by atoms with Crippen molar-refractivity contribution < 1.29 is 9.84 Å². The van der Waals surface area contributed by atoms with Gasteiger partial charge in [-0.1, -0.05) is 17.7 Å². The van der Waals surface area contributed by atoms with E-state index in [9.17, 15) is 5.21 Å². The first-order chi connectivity index (χ1) is 8.09. The number of amidine groups is 1. The molecule has 0 spiro atoms. The summed E-state index contributed by atoms with van der Waals surface area (Å²) in [6.07, 6.45) is 0. The number of benzene rings is 1. The summed E-state index contributed by atoms with van der Waals surface area (Å²) in [5, 5.41) is 25.2. The lowest BCUT2D eigenvalue weighted by atomic mass is 10.3. The molecule has 2 rings (SSSR count). The van der Waals surface area contributed by atoms with Gasteiger partial charge < -0.3 is 5.73 Å². The third-order valence-electron chi connectivity index (χ3n) is 2.00. The third-order valence-corrected chi connectivity index (χ3v) is 2.24. The van der Waals surface area contributed by atoms with Crippen molar-refractivity contribution in [2.75, 3.05) is 10.8 Å². The van der Waals surface area contributed by atoms with E-state index in [4.69, 9.17) is 22.7 Å². The molecule has 7 nitrogen and oxygen atoms in total. The Bertz CT molecular complexity index is 556. The van der Waals surface area contributed by atoms with Gasteiger partial charge in [0, 0.05) is 5.02 Å². The van der Waals surface area contributed by atoms with Gasteiger partial charge >= 0.3 is 0 Å². The number of nitrogens with two attached hydrogens (primary N) is 1. The molecule has 88 valence electrons. The lowest BCUT2D eigenvalue weighted by Crippen LogP contribution is -2.28. The van der Waals surface area contributed by atoms with Crippen molar-refractivity contribution in [1.82, 2.24) is 10.3 Å². The summed E-state index contributed by atoms with van der Waals surface area (Å²) in [6, 6.07) is 6.34. The van der Waals surface area contributed by atoms with Crippen LogP contribution >= 0.6 is 11.6 Å². The summed E-state index contributed by atoms with van der Waals surface area (Å²) in [5.41, 5.74) is 5.68. The second-order valence-corrected chi connectivity index (χ2v) is 3.57. The van der Waals surface area contributed by atoms with Gasteiger partial charge in [0.2, 0.25) is 0 Å². The van der Waals surface area contributed by atoms with E-state index in [1.807, 2.05) is 0 Å². The Morgan fingerprint density at radius 2 is 2.24 bits per heavy atom. The molecule has 0 aliphatic carbocycles. The molecule has 0 bridgehead atoms. The van der Waals surface area contributed by atoms with Gasteiger partial charge in [-0.15, -0.1) is 0 Å². The molecule has 0 saturated heterocycles. The van der Waals surface area contributed by atoms with Gasteiger partial charge in [0.1, 0.15) is 0 Å². The molecule has 0 fully saturated rings. The molecule has 1 aromatic carbocycles. The number of aromatic nitrogens is 2. The maximum Gasteiger partial charge on any atom is 0.199 e. The molecule has 17 heavy (non-hydrogen) atoms. The smallest absolute Gasteiger partial charge is 0.199 e. The summed E-state index contributed by atoms with van der Waals surface area (Å²) < 4.78 is 4.35. The summed E-state index contributed by atoms with van der Waals surface area (Å²) in [4.78, 5) is 0. The topological polar surface area (TPSA) is 112 Å². The predicted octanol–water partition coefficient (Wildman–Crippen LogP) is 1.53. The van der Waals surface area contributed by atoms with Crippen molar-refractivity contribution in [3.63, 3.8) is 0 Å². The van der Waals surface area contributed by atoms with Crippen LogP contribution in [0.15, 0.2) is 28.9 Å². The zero-order valence-corrected chi connectivity index (χ0v) is 9.22. The van der Waals surface area contributed by atoms with Crippen molar-refractivity contribution in [2.45, 2.75) is 0 Å². The largest absolute Gasteiger partial charge is 0.379 e. The number of nitrogens with zero attached hydrogens (tertiary/aromatic N) is 3. The molecule has 1 aromatic heterocycles. The quantitative estimate of drug-likeness (QED) is 0.425. The molecule has 0 aliphatic heterocycles. The molecule has 0 saturated carbocycles. The Morgan fingerprint density at radius 3 is 2.82 bits per heavy atom. The van der Waals surface area contributed by atoms with E-state index in [1.165, 1.54) is 6.07 Å². The zero-order valence-electron chi connectivity index (χ0n) is 8.46. The standard InChI is InChI=1S/C9H8ClN5O2/c10-5-2-1-3-6(4-5)15(16)9(12)7-8(11)14-17-13-7/h1-4,12,16H,(H2,11,14). The van der Waals surface area contributed by atoms with Crippen LogP contribution in [0.25, 0.3) is 0 Å². The highest BCUT2D eigenvalue weighted by atomic mass is 35.5. The fraction of sp³-hybridized carbons (Fsp3) is 0. The molecular formula is C9H8ClN5O2. The van der Waals surface area contributed by atoms with Gasteiger partial charge in [0.05, 0.1) is 5.69 Å².